The van der Waals surface area contributed by atoms with Crippen molar-refractivity contribution in [1.29, 1.82) is 0 Å². The zero-order chi connectivity index (χ0) is 15.9. The highest BCUT2D eigenvalue weighted by Crippen LogP contribution is 2.31. The smallest absolute Gasteiger partial charge is 0.118 e. The summed E-state index contributed by atoms with van der Waals surface area (Å²) < 4.78 is 5.17. The van der Waals surface area contributed by atoms with E-state index in [0.717, 1.165) is 22.6 Å². The summed E-state index contributed by atoms with van der Waals surface area (Å²) in [5.41, 5.74) is 9.60. The first-order valence-corrected chi connectivity index (χ1v) is 7.20. The molecule has 22 heavy (non-hydrogen) atoms. The number of anilines is 2. The van der Waals surface area contributed by atoms with Crippen LogP contribution in [0.4, 0.5) is 11.4 Å². The van der Waals surface area contributed by atoms with Crippen LogP contribution in [-0.2, 0) is 0 Å². The topological polar surface area (TPSA) is 79.0 Å². The molecule has 0 spiro atoms. The summed E-state index contributed by atoms with van der Waals surface area (Å²) in [7, 11) is 1.63. The minimum atomic E-state index is 0.0300. The fourth-order valence-corrected chi connectivity index (χ4v) is 2.37. The summed E-state index contributed by atoms with van der Waals surface area (Å²) in [6.45, 7) is 0.990. The quantitative estimate of drug-likeness (QED) is 0.679. The van der Waals surface area contributed by atoms with Gasteiger partial charge in [-0.05, 0) is 35.9 Å². The van der Waals surface area contributed by atoms with E-state index < -0.39 is 0 Å². The average Bonchev–Trinajstić information content (AvgIpc) is 2.55. The maximum Gasteiger partial charge on any atom is 0.118 e. The van der Waals surface area contributed by atoms with E-state index >= 15 is 0 Å². The molecule has 4 N–H and O–H groups in total. The number of methoxy groups -OCH3 is 1. The molecule has 0 saturated carbocycles. The molecule has 0 radical (unpaired) electrons. The van der Waals surface area contributed by atoms with Crippen molar-refractivity contribution in [2.24, 2.45) is 0 Å². The number of nitrogen functional groups attached to an aromatic ring is 1. The molecule has 0 aliphatic rings. The van der Waals surface area contributed by atoms with Crippen molar-refractivity contribution < 1.29 is 14.9 Å². The molecule has 0 amide bonds. The molecule has 0 aromatic heterocycles. The number of aliphatic hydroxyl groups excluding tert-OH is 2. The third-order valence-corrected chi connectivity index (χ3v) is 3.54. The van der Waals surface area contributed by atoms with E-state index in [4.69, 9.17) is 20.7 Å². The minimum Gasteiger partial charge on any atom is -0.497 e. The van der Waals surface area contributed by atoms with Crippen LogP contribution in [0.15, 0.2) is 42.5 Å². The first-order valence-electron chi connectivity index (χ1n) is 7.20. The van der Waals surface area contributed by atoms with Gasteiger partial charge in [-0.1, -0.05) is 12.1 Å². The van der Waals surface area contributed by atoms with E-state index in [-0.39, 0.29) is 13.2 Å². The Morgan fingerprint density at radius 3 is 2.18 bits per heavy atom. The third-order valence-electron chi connectivity index (χ3n) is 3.54. The maximum absolute atomic E-state index is 9.16. The van der Waals surface area contributed by atoms with Gasteiger partial charge in [0.25, 0.3) is 0 Å². The van der Waals surface area contributed by atoms with E-state index in [9.17, 15) is 0 Å². The molecule has 0 aliphatic heterocycles. The first-order chi connectivity index (χ1) is 10.7. The van der Waals surface area contributed by atoms with E-state index in [1.165, 1.54) is 0 Å². The molecule has 5 heteroatoms. The molecular formula is C17H22N2O3. The summed E-state index contributed by atoms with van der Waals surface area (Å²) >= 11 is 0. The molecule has 0 aliphatic carbocycles. The average molecular weight is 302 g/mol. The molecule has 2 aromatic carbocycles. The Bertz CT molecular complexity index is 593. The van der Waals surface area contributed by atoms with Gasteiger partial charge in [0.2, 0.25) is 0 Å². The molecule has 0 fully saturated rings. The second kappa shape index (κ2) is 7.68. The van der Waals surface area contributed by atoms with Crippen LogP contribution in [-0.4, -0.2) is 43.6 Å². The van der Waals surface area contributed by atoms with Crippen LogP contribution in [0.25, 0.3) is 11.1 Å². The lowest BCUT2D eigenvalue weighted by Gasteiger charge is -2.24. The van der Waals surface area contributed by atoms with Crippen molar-refractivity contribution in [3.8, 4) is 16.9 Å². The summed E-state index contributed by atoms with van der Waals surface area (Å²) in [5, 5.41) is 18.3. The normalized spacial score (nSPS) is 10.5. The van der Waals surface area contributed by atoms with Gasteiger partial charge in [-0.25, -0.2) is 0 Å². The van der Waals surface area contributed by atoms with E-state index in [1.807, 2.05) is 47.4 Å². The van der Waals surface area contributed by atoms with Crippen LogP contribution >= 0.6 is 0 Å². The van der Waals surface area contributed by atoms with Crippen LogP contribution in [0.5, 0.6) is 5.75 Å². The fourth-order valence-electron chi connectivity index (χ4n) is 2.37. The first kappa shape index (κ1) is 16.1. The molecule has 2 rings (SSSR count). The molecule has 5 nitrogen and oxygen atoms in total. The van der Waals surface area contributed by atoms with Crippen LogP contribution in [0, 0.1) is 0 Å². The molecule has 2 aromatic rings. The predicted octanol–water partition coefficient (Wildman–Crippen LogP) is 1.74. The van der Waals surface area contributed by atoms with Crippen molar-refractivity contribution in [1.82, 2.24) is 0 Å². The number of hydrogen-bond acceptors (Lipinski definition) is 5. The molecule has 0 atom stereocenters. The van der Waals surface area contributed by atoms with Crippen LogP contribution in [0.3, 0.4) is 0 Å². The van der Waals surface area contributed by atoms with Gasteiger partial charge in [-0.3, -0.25) is 0 Å². The van der Waals surface area contributed by atoms with Gasteiger partial charge in [0, 0.05) is 30.0 Å². The number of ether oxygens (including phenoxy) is 1. The van der Waals surface area contributed by atoms with Crippen molar-refractivity contribution >= 4 is 11.4 Å². The van der Waals surface area contributed by atoms with Gasteiger partial charge in [-0.15, -0.1) is 0 Å². The number of rotatable bonds is 7. The van der Waals surface area contributed by atoms with Gasteiger partial charge in [-0.2, -0.15) is 0 Å². The number of aliphatic hydroxyl groups is 2. The lowest BCUT2D eigenvalue weighted by atomic mass is 10.0. The van der Waals surface area contributed by atoms with Crippen LogP contribution < -0.4 is 15.4 Å². The molecule has 0 unspecified atom stereocenters. The fraction of sp³-hybridized carbons (Fsp3) is 0.294. The predicted molar refractivity (Wildman–Crippen MR) is 89.2 cm³/mol. The van der Waals surface area contributed by atoms with Gasteiger partial charge < -0.3 is 25.6 Å². The van der Waals surface area contributed by atoms with E-state index in [2.05, 4.69) is 0 Å². The third kappa shape index (κ3) is 3.69. The standard InChI is InChI=1S/C17H22N2O3/c1-22-15-5-2-13(3-6-15)16-12-14(4-7-17(16)18)19(8-10-20)9-11-21/h2-7,12,20-21H,8-11,18H2,1H3. The summed E-state index contributed by atoms with van der Waals surface area (Å²) in [4.78, 5) is 1.92. The maximum atomic E-state index is 9.16. The monoisotopic (exact) mass is 302 g/mol. The van der Waals surface area contributed by atoms with E-state index in [0.29, 0.717) is 18.8 Å². The largest absolute Gasteiger partial charge is 0.497 e. The second-order valence-electron chi connectivity index (χ2n) is 4.93. The van der Waals surface area contributed by atoms with Gasteiger partial charge in [0.15, 0.2) is 0 Å². The van der Waals surface area contributed by atoms with Crippen LogP contribution in [0.2, 0.25) is 0 Å². The molecule has 0 bridgehead atoms. The SMILES string of the molecule is COc1ccc(-c2cc(N(CCO)CCO)ccc2N)cc1. The van der Waals surface area contributed by atoms with Crippen molar-refractivity contribution in [2.75, 3.05) is 44.0 Å². The van der Waals surface area contributed by atoms with Gasteiger partial charge in [0.1, 0.15) is 5.75 Å². The molecule has 0 heterocycles. The summed E-state index contributed by atoms with van der Waals surface area (Å²) in [5.74, 6) is 0.792. The zero-order valence-electron chi connectivity index (χ0n) is 12.7. The second-order valence-corrected chi connectivity index (χ2v) is 4.93. The zero-order valence-corrected chi connectivity index (χ0v) is 12.7. The van der Waals surface area contributed by atoms with Gasteiger partial charge in [0.05, 0.1) is 20.3 Å². The van der Waals surface area contributed by atoms with Gasteiger partial charge >= 0.3 is 0 Å². The Balaban J connectivity index is 2.36. The Morgan fingerprint density at radius 1 is 1.00 bits per heavy atom. The Kier molecular flexibility index (Phi) is 5.63. The Hall–Kier alpha value is -2.24. The summed E-state index contributed by atoms with van der Waals surface area (Å²) in [6.07, 6.45) is 0. The lowest BCUT2D eigenvalue weighted by Crippen LogP contribution is -2.29. The Morgan fingerprint density at radius 2 is 1.64 bits per heavy atom. The van der Waals surface area contributed by atoms with Crippen molar-refractivity contribution in [3.63, 3.8) is 0 Å². The minimum absolute atomic E-state index is 0.0300. The molecule has 0 saturated heterocycles. The highest BCUT2D eigenvalue weighted by molar-refractivity contribution is 5.80. The van der Waals surface area contributed by atoms with Crippen molar-refractivity contribution in [3.05, 3.63) is 42.5 Å². The highest BCUT2D eigenvalue weighted by Gasteiger charge is 2.09. The lowest BCUT2D eigenvalue weighted by molar-refractivity contribution is 0.281. The van der Waals surface area contributed by atoms with Crippen molar-refractivity contribution in [2.45, 2.75) is 0 Å². The number of nitrogens with two attached hydrogens (primary N) is 1. The van der Waals surface area contributed by atoms with E-state index in [1.54, 1.807) is 7.11 Å². The summed E-state index contributed by atoms with van der Waals surface area (Å²) in [6, 6.07) is 13.4. The Labute approximate surface area is 130 Å². The molecule has 118 valence electrons. The van der Waals surface area contributed by atoms with Crippen LogP contribution in [0.1, 0.15) is 0 Å². The number of benzene rings is 2. The highest BCUT2D eigenvalue weighted by atomic mass is 16.5. The number of nitrogens with zero attached hydrogens (tertiary/aromatic N) is 1. The number of hydrogen-bond donors (Lipinski definition) is 3. The molecular weight excluding hydrogens is 280 g/mol.